The van der Waals surface area contributed by atoms with Gasteiger partial charge in [0.05, 0.1) is 45.2 Å². The largest absolute Gasteiger partial charge is 0.508 e. The summed E-state index contributed by atoms with van der Waals surface area (Å²) in [6, 6.07) is 9.32. The van der Waals surface area contributed by atoms with Crippen molar-refractivity contribution in [1.29, 1.82) is 0 Å². The minimum atomic E-state index is -1.69. The van der Waals surface area contributed by atoms with E-state index in [9.17, 15) is 40.2 Å². The minimum absolute atomic E-state index is 0.0284. The maximum absolute atomic E-state index is 13.6. The third-order valence-corrected chi connectivity index (χ3v) is 7.84. The molecule has 3 aromatic carbocycles. The molecule has 1 aliphatic rings. The molecule has 5 rings (SSSR count). The van der Waals surface area contributed by atoms with Gasteiger partial charge < -0.3 is 58.7 Å². The molecular weight excluding hydrogens is 608 g/mol. The number of fused-ring (bicyclic) bond motifs is 1. The van der Waals surface area contributed by atoms with E-state index in [0.717, 1.165) is 6.26 Å². The molecule has 0 unspecified atom stereocenters. The zero-order chi connectivity index (χ0) is 33.3. The van der Waals surface area contributed by atoms with Crippen molar-refractivity contribution in [2.45, 2.75) is 30.8 Å². The Morgan fingerprint density at radius 2 is 1.57 bits per heavy atom. The quantitative estimate of drug-likeness (QED) is 0.145. The molecule has 14 heteroatoms. The van der Waals surface area contributed by atoms with Crippen molar-refractivity contribution >= 4 is 16.9 Å². The number of rotatable bonds is 9. The highest BCUT2D eigenvalue weighted by Crippen LogP contribution is 2.45. The molecule has 0 saturated heterocycles. The highest BCUT2D eigenvalue weighted by molar-refractivity contribution is 5.91. The summed E-state index contributed by atoms with van der Waals surface area (Å²) >= 11 is 0. The van der Waals surface area contributed by atoms with E-state index in [2.05, 4.69) is 0 Å². The lowest BCUT2D eigenvalue weighted by Gasteiger charge is -2.40. The number of carbonyl (C=O) groups is 1. The first-order valence-corrected chi connectivity index (χ1v) is 14.0. The molecule has 244 valence electrons. The van der Waals surface area contributed by atoms with Crippen molar-refractivity contribution in [2.24, 2.45) is 5.92 Å². The fourth-order valence-electron chi connectivity index (χ4n) is 5.40. The first-order valence-electron chi connectivity index (χ1n) is 14.0. The summed E-state index contributed by atoms with van der Waals surface area (Å²) in [6.45, 7) is -0.339. The van der Waals surface area contributed by atoms with E-state index in [0.29, 0.717) is 0 Å². The monoisotopic (exact) mass is 640 g/mol. The van der Waals surface area contributed by atoms with Crippen LogP contribution in [0.1, 0.15) is 16.8 Å². The highest BCUT2D eigenvalue weighted by Gasteiger charge is 2.45. The molecule has 1 aromatic heterocycles. The van der Waals surface area contributed by atoms with Crippen LogP contribution in [-0.2, 0) is 4.74 Å². The molecule has 1 heterocycles. The normalized spacial score (nSPS) is 21.0. The molecule has 1 fully saturated rings. The first kappa shape index (κ1) is 32.2. The van der Waals surface area contributed by atoms with Crippen molar-refractivity contribution in [3.63, 3.8) is 0 Å². The number of ether oxygens (including phenoxy) is 5. The van der Waals surface area contributed by atoms with Crippen LogP contribution < -0.4 is 24.4 Å². The van der Waals surface area contributed by atoms with Crippen LogP contribution in [0.4, 0.5) is 0 Å². The number of benzene rings is 3. The number of phenolic OH excluding ortho intramolecular Hbond substituents is 3. The number of carbonyl (C=O) groups excluding carboxylic acids is 1. The first-order chi connectivity index (χ1) is 22.0. The Morgan fingerprint density at radius 1 is 0.870 bits per heavy atom. The van der Waals surface area contributed by atoms with Gasteiger partial charge in [0.2, 0.25) is 16.9 Å². The summed E-state index contributed by atoms with van der Waals surface area (Å²) in [7, 11) is 3.92. The number of esters is 1. The highest BCUT2D eigenvalue weighted by atomic mass is 16.5. The van der Waals surface area contributed by atoms with Gasteiger partial charge in [0.1, 0.15) is 41.3 Å². The topological polar surface area (TPSA) is 215 Å². The molecule has 6 N–H and O–H groups in total. The average molecular weight is 641 g/mol. The Balaban J connectivity index is 1.43. The zero-order valence-corrected chi connectivity index (χ0v) is 24.9. The predicted octanol–water partition coefficient (Wildman–Crippen LogP) is 2.31. The van der Waals surface area contributed by atoms with E-state index in [1.807, 2.05) is 0 Å². The van der Waals surface area contributed by atoms with Crippen molar-refractivity contribution in [3.8, 4) is 51.4 Å². The second-order valence-corrected chi connectivity index (χ2v) is 10.6. The van der Waals surface area contributed by atoms with Gasteiger partial charge in [0.15, 0.2) is 23.0 Å². The number of hydrogen-bond donors (Lipinski definition) is 6. The number of hydrogen-bond acceptors (Lipinski definition) is 14. The summed E-state index contributed by atoms with van der Waals surface area (Å²) in [5, 5.41) is 62.6. The van der Waals surface area contributed by atoms with Gasteiger partial charge in [0, 0.05) is 12.0 Å². The minimum Gasteiger partial charge on any atom is -0.508 e. The van der Waals surface area contributed by atoms with Crippen LogP contribution in [0.5, 0.6) is 40.2 Å². The fraction of sp³-hybridized carbons (Fsp3) is 0.312. The van der Waals surface area contributed by atoms with Gasteiger partial charge in [-0.3, -0.25) is 4.79 Å². The Labute approximate surface area is 261 Å². The molecule has 1 saturated carbocycles. The maximum Gasteiger partial charge on any atom is 0.338 e. The van der Waals surface area contributed by atoms with Crippen molar-refractivity contribution in [2.75, 3.05) is 27.9 Å². The lowest BCUT2D eigenvalue weighted by Crippen LogP contribution is -2.56. The molecule has 0 radical (unpaired) electrons. The molecule has 1 aliphatic carbocycles. The predicted molar refractivity (Wildman–Crippen MR) is 160 cm³/mol. The standard InChI is InChI=1S/C32H32O14/c1-41-22-9-15(8-19(34)30(22)42-2)18-13-44-20-11-23(31(43-3)28(38)24(20)26(18)36)46-21-10-16(25(35)29(39)27(21)37)12-45-32(40)14-4-6-17(33)7-5-14/h4-9,11,13,16,21,25,27,29,33-35,37-39H,10,12H2,1-3H3/t16-,21+,25-,27+,29+/m1/s1. The zero-order valence-electron chi connectivity index (χ0n) is 24.9. The summed E-state index contributed by atoms with van der Waals surface area (Å²) in [5.41, 5.74) is -0.460. The van der Waals surface area contributed by atoms with E-state index < -0.39 is 47.5 Å². The van der Waals surface area contributed by atoms with Crippen LogP contribution in [0.2, 0.25) is 0 Å². The third-order valence-electron chi connectivity index (χ3n) is 7.84. The Hall–Kier alpha value is -5.18. The Morgan fingerprint density at radius 3 is 2.22 bits per heavy atom. The number of aliphatic hydroxyl groups is 3. The average Bonchev–Trinajstić information content (AvgIpc) is 3.04. The van der Waals surface area contributed by atoms with Crippen LogP contribution in [0.3, 0.4) is 0 Å². The summed E-state index contributed by atoms with van der Waals surface area (Å²) in [6.07, 6.45) is -4.93. The van der Waals surface area contributed by atoms with Crippen LogP contribution in [-0.4, -0.2) is 89.0 Å². The smallest absolute Gasteiger partial charge is 0.338 e. The molecule has 0 spiro atoms. The van der Waals surface area contributed by atoms with Gasteiger partial charge in [-0.1, -0.05) is 0 Å². The van der Waals surface area contributed by atoms with Crippen LogP contribution in [0, 0.1) is 5.92 Å². The number of aromatic hydroxyl groups is 3. The Kier molecular flexibility index (Phi) is 9.14. The molecule has 0 bridgehead atoms. The SMILES string of the molecule is COc1cc(-c2coc3cc(O[C@H]4C[C@H](COC(=O)c5ccc(O)cc5)[C@@H](O)[C@H](O)[C@H]4O)c(OC)c(O)c3c2=O)cc(O)c1OC. The number of phenols is 3. The van der Waals surface area contributed by atoms with Crippen LogP contribution in [0.25, 0.3) is 22.1 Å². The van der Waals surface area contributed by atoms with Crippen molar-refractivity contribution < 1.29 is 63.5 Å². The third kappa shape index (κ3) is 5.92. The van der Waals surface area contributed by atoms with Gasteiger partial charge >= 0.3 is 5.97 Å². The second kappa shape index (κ2) is 13.0. The van der Waals surface area contributed by atoms with Gasteiger partial charge in [-0.2, -0.15) is 0 Å². The molecule has 0 aliphatic heterocycles. The van der Waals surface area contributed by atoms with E-state index in [4.69, 9.17) is 28.1 Å². The van der Waals surface area contributed by atoms with Gasteiger partial charge in [-0.15, -0.1) is 0 Å². The van der Waals surface area contributed by atoms with E-state index in [1.54, 1.807) is 0 Å². The van der Waals surface area contributed by atoms with E-state index in [-0.39, 0.29) is 75.2 Å². The second-order valence-electron chi connectivity index (χ2n) is 10.6. The van der Waals surface area contributed by atoms with Gasteiger partial charge in [-0.05, 0) is 48.4 Å². The molecule has 0 amide bonds. The number of methoxy groups -OCH3 is 3. The van der Waals surface area contributed by atoms with Crippen LogP contribution >= 0.6 is 0 Å². The fourth-order valence-corrected chi connectivity index (χ4v) is 5.40. The summed E-state index contributed by atoms with van der Waals surface area (Å²) < 4.78 is 32.7. The molecule has 46 heavy (non-hydrogen) atoms. The molecule has 14 nitrogen and oxygen atoms in total. The summed E-state index contributed by atoms with van der Waals surface area (Å²) in [4.78, 5) is 26.0. The Bertz CT molecular complexity index is 1800. The molecule has 4 aromatic rings. The van der Waals surface area contributed by atoms with Crippen molar-refractivity contribution in [3.05, 3.63) is 64.5 Å². The van der Waals surface area contributed by atoms with E-state index >= 15 is 0 Å². The lowest BCUT2D eigenvalue weighted by molar-refractivity contribution is -0.157. The number of aliphatic hydroxyl groups excluding tert-OH is 3. The van der Waals surface area contributed by atoms with Crippen LogP contribution in [0.15, 0.2) is 57.9 Å². The molecule has 5 atom stereocenters. The lowest BCUT2D eigenvalue weighted by atomic mass is 9.81. The van der Waals surface area contributed by atoms with E-state index in [1.165, 1.54) is 63.8 Å². The van der Waals surface area contributed by atoms with Crippen molar-refractivity contribution in [1.82, 2.24) is 0 Å². The van der Waals surface area contributed by atoms with Gasteiger partial charge in [0.25, 0.3) is 0 Å². The maximum atomic E-state index is 13.6. The summed E-state index contributed by atoms with van der Waals surface area (Å²) in [5.74, 6) is -2.81. The van der Waals surface area contributed by atoms with Gasteiger partial charge in [-0.25, -0.2) is 4.79 Å². The molecular formula is C32H32O14.